The predicted octanol–water partition coefficient (Wildman–Crippen LogP) is 4.89. The summed E-state index contributed by atoms with van der Waals surface area (Å²) in [4.78, 5) is 17.3. The zero-order valence-electron chi connectivity index (χ0n) is 19.3. The minimum Gasteiger partial charge on any atom is -0.465 e. The molecule has 0 unspecified atom stereocenters. The van der Waals surface area contributed by atoms with Gasteiger partial charge in [0.25, 0.3) is 6.02 Å². The summed E-state index contributed by atoms with van der Waals surface area (Å²) in [6, 6.07) is 15.3. The van der Waals surface area contributed by atoms with Crippen molar-refractivity contribution in [2.45, 2.75) is 20.3 Å². The van der Waals surface area contributed by atoms with Crippen LogP contribution in [0.15, 0.2) is 72.4 Å². The summed E-state index contributed by atoms with van der Waals surface area (Å²) in [5.74, 6) is 2.09. The van der Waals surface area contributed by atoms with Gasteiger partial charge >= 0.3 is 0 Å². The van der Waals surface area contributed by atoms with Crippen molar-refractivity contribution in [1.29, 1.82) is 0 Å². The van der Waals surface area contributed by atoms with Crippen molar-refractivity contribution in [2.75, 3.05) is 11.9 Å². The largest absolute Gasteiger partial charge is 0.465 e. The zero-order chi connectivity index (χ0) is 24.2. The maximum absolute atomic E-state index is 6.07. The van der Waals surface area contributed by atoms with Crippen LogP contribution in [0.4, 0.5) is 17.2 Å². The van der Waals surface area contributed by atoms with Gasteiger partial charge in [-0.1, -0.05) is 6.92 Å². The average Bonchev–Trinajstić information content (AvgIpc) is 3.33. The first-order valence-electron chi connectivity index (χ1n) is 11.2. The lowest BCUT2D eigenvalue weighted by molar-refractivity contribution is 0.300. The van der Waals surface area contributed by atoms with Crippen LogP contribution in [0.5, 0.6) is 11.5 Å². The van der Waals surface area contributed by atoms with Crippen molar-refractivity contribution < 1.29 is 9.47 Å². The first kappa shape index (κ1) is 22.1. The number of benzene rings is 2. The molecule has 0 saturated carbocycles. The Morgan fingerprint density at radius 1 is 1.06 bits per heavy atom. The van der Waals surface area contributed by atoms with Crippen LogP contribution in [0.2, 0.25) is 0 Å². The molecule has 10 nitrogen and oxygen atoms in total. The van der Waals surface area contributed by atoms with Crippen molar-refractivity contribution in [1.82, 2.24) is 24.6 Å². The third-order valence-electron chi connectivity index (χ3n) is 5.23. The number of aliphatic imine (C=N–C) groups is 1. The number of rotatable bonds is 7. The highest BCUT2D eigenvalue weighted by atomic mass is 16.5. The van der Waals surface area contributed by atoms with Gasteiger partial charge in [0.05, 0.1) is 17.8 Å². The number of ether oxygens (including phenoxy) is 2. The van der Waals surface area contributed by atoms with E-state index in [9.17, 15) is 0 Å². The molecule has 0 aliphatic rings. The summed E-state index contributed by atoms with van der Waals surface area (Å²) in [5.41, 5.74) is 9.86. The normalized spacial score (nSPS) is 11.7. The lowest BCUT2D eigenvalue weighted by Gasteiger charge is -2.13. The summed E-state index contributed by atoms with van der Waals surface area (Å²) < 4.78 is 13.1. The van der Waals surface area contributed by atoms with Gasteiger partial charge in [-0.3, -0.25) is 0 Å². The van der Waals surface area contributed by atoms with Crippen molar-refractivity contribution in [3.63, 3.8) is 0 Å². The van der Waals surface area contributed by atoms with Crippen LogP contribution >= 0.6 is 0 Å². The Morgan fingerprint density at radius 3 is 2.83 bits per heavy atom. The maximum Gasteiger partial charge on any atom is 0.287 e. The summed E-state index contributed by atoms with van der Waals surface area (Å²) in [5, 5.41) is 8.29. The van der Waals surface area contributed by atoms with E-state index in [0.29, 0.717) is 23.9 Å². The third kappa shape index (κ3) is 4.96. The van der Waals surface area contributed by atoms with Crippen LogP contribution in [0.1, 0.15) is 18.9 Å². The summed E-state index contributed by atoms with van der Waals surface area (Å²) >= 11 is 0. The number of nitrogens with zero attached hydrogens (tertiary/aromatic N) is 6. The van der Waals surface area contributed by atoms with E-state index >= 15 is 0 Å². The first-order valence-corrected chi connectivity index (χ1v) is 11.2. The number of aromatic nitrogens is 5. The molecule has 0 bridgehead atoms. The van der Waals surface area contributed by atoms with Crippen LogP contribution in [-0.2, 0) is 4.74 Å². The van der Waals surface area contributed by atoms with Gasteiger partial charge in [-0.15, -0.1) is 0 Å². The first-order chi connectivity index (χ1) is 17.1. The topological polar surface area (TPSA) is 125 Å². The second kappa shape index (κ2) is 9.64. The molecule has 2 aromatic carbocycles. The standard InChI is InChI=1S/C25H24N8O2/c1-3-10-34-25(26)32-18-4-6-21-20(12-18)24(29-14-27-21)31-17-5-7-22(16(2)11-17)35-19-8-9-33-23(13-19)28-15-30-33/h4-9,11-15H,3,10H2,1-2H3,(H2,26,32)(H,27,29,31). The van der Waals surface area contributed by atoms with Crippen molar-refractivity contribution >= 4 is 39.8 Å². The molecule has 3 aromatic heterocycles. The Balaban J connectivity index is 1.38. The van der Waals surface area contributed by atoms with E-state index in [-0.39, 0.29) is 6.02 Å². The SMILES string of the molecule is CCCOC(N)=Nc1ccc2ncnc(Nc3ccc(Oc4ccn5ncnc5c4)c(C)c3)c2c1. The molecule has 0 fully saturated rings. The minimum atomic E-state index is 0.131. The van der Waals surface area contributed by atoms with Crippen LogP contribution in [0, 0.1) is 6.92 Å². The molecule has 35 heavy (non-hydrogen) atoms. The molecule has 0 amide bonds. The summed E-state index contributed by atoms with van der Waals surface area (Å²) in [7, 11) is 0. The van der Waals surface area contributed by atoms with E-state index in [0.717, 1.165) is 40.0 Å². The van der Waals surface area contributed by atoms with Gasteiger partial charge in [0.1, 0.15) is 30.0 Å². The molecule has 0 aliphatic carbocycles. The molecular weight excluding hydrogens is 444 g/mol. The number of pyridine rings is 1. The van der Waals surface area contributed by atoms with Crippen LogP contribution in [0.25, 0.3) is 16.6 Å². The number of hydrogen-bond acceptors (Lipinski definition) is 8. The maximum atomic E-state index is 6.07. The Bertz CT molecular complexity index is 1530. The molecule has 0 aliphatic heterocycles. The van der Waals surface area contributed by atoms with Crippen LogP contribution in [0.3, 0.4) is 0 Å². The van der Waals surface area contributed by atoms with Crippen LogP contribution < -0.4 is 15.8 Å². The number of fused-ring (bicyclic) bond motifs is 2. The van der Waals surface area contributed by atoms with Gasteiger partial charge < -0.3 is 20.5 Å². The molecule has 10 heteroatoms. The predicted molar refractivity (Wildman–Crippen MR) is 135 cm³/mol. The Labute approximate surface area is 201 Å². The molecule has 3 N–H and O–H groups in total. The van der Waals surface area contributed by atoms with E-state index < -0.39 is 0 Å². The number of anilines is 2. The molecule has 5 aromatic rings. The molecule has 0 atom stereocenters. The fourth-order valence-electron chi connectivity index (χ4n) is 3.55. The number of hydrogen-bond donors (Lipinski definition) is 2. The van der Waals surface area contributed by atoms with Crippen molar-refractivity contribution in [3.05, 3.63) is 72.9 Å². The third-order valence-corrected chi connectivity index (χ3v) is 5.23. The molecule has 3 heterocycles. The van der Waals surface area contributed by atoms with Gasteiger partial charge in [0, 0.05) is 23.3 Å². The average molecular weight is 469 g/mol. The van der Waals surface area contributed by atoms with E-state index in [2.05, 4.69) is 30.4 Å². The Hall–Kier alpha value is -4.73. The molecule has 0 saturated heterocycles. The van der Waals surface area contributed by atoms with E-state index in [1.54, 1.807) is 4.52 Å². The van der Waals surface area contributed by atoms with Crippen LogP contribution in [-0.4, -0.2) is 37.2 Å². The van der Waals surface area contributed by atoms with Gasteiger partial charge in [-0.2, -0.15) is 10.1 Å². The highest BCUT2D eigenvalue weighted by Gasteiger charge is 2.09. The van der Waals surface area contributed by atoms with Gasteiger partial charge in [0.2, 0.25) is 0 Å². The second-order valence-electron chi connectivity index (χ2n) is 7.85. The molecule has 5 rings (SSSR count). The number of amidine groups is 1. The Morgan fingerprint density at radius 2 is 1.97 bits per heavy atom. The zero-order valence-corrected chi connectivity index (χ0v) is 19.3. The highest BCUT2D eigenvalue weighted by molar-refractivity contribution is 5.93. The van der Waals surface area contributed by atoms with E-state index in [4.69, 9.17) is 15.2 Å². The van der Waals surface area contributed by atoms with Crippen molar-refractivity contribution in [3.8, 4) is 11.5 Å². The number of nitrogens with two attached hydrogens (primary N) is 1. The second-order valence-corrected chi connectivity index (χ2v) is 7.85. The number of nitrogens with one attached hydrogen (secondary N) is 1. The van der Waals surface area contributed by atoms with E-state index in [1.807, 2.05) is 68.6 Å². The molecule has 0 spiro atoms. The number of aryl methyl sites for hydroxylation is 1. The lowest BCUT2D eigenvalue weighted by Crippen LogP contribution is -2.16. The van der Waals surface area contributed by atoms with Gasteiger partial charge in [0.15, 0.2) is 5.65 Å². The van der Waals surface area contributed by atoms with E-state index in [1.165, 1.54) is 12.7 Å². The smallest absolute Gasteiger partial charge is 0.287 e. The molecule has 0 radical (unpaired) electrons. The Kier molecular flexibility index (Phi) is 6.08. The quantitative estimate of drug-likeness (QED) is 0.255. The summed E-state index contributed by atoms with van der Waals surface area (Å²) in [6.45, 7) is 4.52. The van der Waals surface area contributed by atoms with Gasteiger partial charge in [-0.25, -0.2) is 19.5 Å². The summed E-state index contributed by atoms with van der Waals surface area (Å²) in [6.07, 6.45) is 5.70. The molecule has 176 valence electrons. The fraction of sp³-hybridized carbons (Fsp3) is 0.160. The monoisotopic (exact) mass is 468 g/mol. The van der Waals surface area contributed by atoms with Crippen molar-refractivity contribution in [2.24, 2.45) is 10.7 Å². The fourth-order valence-corrected chi connectivity index (χ4v) is 3.55. The molecular formula is C25H24N8O2. The van der Waals surface area contributed by atoms with Gasteiger partial charge in [-0.05, 0) is 61.4 Å². The lowest BCUT2D eigenvalue weighted by atomic mass is 10.1. The minimum absolute atomic E-state index is 0.131. The highest BCUT2D eigenvalue weighted by Crippen LogP contribution is 2.31.